The highest BCUT2D eigenvalue weighted by molar-refractivity contribution is 5.59. The maximum Gasteiger partial charge on any atom is 0.336 e. The summed E-state index contributed by atoms with van der Waals surface area (Å²) >= 11 is 0. The highest BCUT2D eigenvalue weighted by Gasteiger charge is 2.32. The lowest BCUT2D eigenvalue weighted by atomic mass is 9.90. The maximum atomic E-state index is 11.7. The van der Waals surface area contributed by atoms with Gasteiger partial charge in [-0.2, -0.15) is 0 Å². The van der Waals surface area contributed by atoms with Gasteiger partial charge in [0.1, 0.15) is 6.33 Å². The van der Waals surface area contributed by atoms with Crippen molar-refractivity contribution in [2.75, 3.05) is 18.4 Å². The Bertz CT molecular complexity index is 761. The normalized spacial score (nSPS) is 15.9. The Kier molecular flexibility index (Phi) is 6.31. The van der Waals surface area contributed by atoms with Crippen molar-refractivity contribution in [2.24, 2.45) is 5.92 Å². The Balaban J connectivity index is 1.85. The molecule has 2 aromatic rings. The van der Waals surface area contributed by atoms with Crippen LogP contribution in [0.4, 0.5) is 11.5 Å². The van der Waals surface area contributed by atoms with E-state index in [1.165, 1.54) is 18.9 Å². The zero-order chi connectivity index (χ0) is 19.1. The molecule has 2 aromatic heterocycles. The SMILES string of the molecule is O=COC(CC1CCNCC1)c1ncnc(NCc2ccoc2)c1[N+](=O)[O-]. The predicted octanol–water partition coefficient (Wildman–Crippen LogP) is 2.19. The number of rotatable bonds is 9. The molecule has 3 heterocycles. The van der Waals surface area contributed by atoms with Crippen molar-refractivity contribution in [3.8, 4) is 0 Å². The van der Waals surface area contributed by atoms with Gasteiger partial charge in [-0.1, -0.05) is 0 Å². The van der Waals surface area contributed by atoms with Crippen molar-refractivity contribution < 1.29 is 18.9 Å². The third kappa shape index (κ3) is 4.79. The summed E-state index contributed by atoms with van der Waals surface area (Å²) in [7, 11) is 0. The molecule has 0 radical (unpaired) electrons. The van der Waals surface area contributed by atoms with Crippen LogP contribution in [0.3, 0.4) is 0 Å². The summed E-state index contributed by atoms with van der Waals surface area (Å²) in [6.07, 6.45) is 5.83. The van der Waals surface area contributed by atoms with Gasteiger partial charge >= 0.3 is 5.69 Å². The molecule has 1 fully saturated rings. The second-order valence-electron chi connectivity index (χ2n) is 6.35. The molecule has 10 heteroatoms. The summed E-state index contributed by atoms with van der Waals surface area (Å²) in [4.78, 5) is 30.3. The molecule has 0 spiro atoms. The predicted molar refractivity (Wildman–Crippen MR) is 94.8 cm³/mol. The molecule has 0 aromatic carbocycles. The van der Waals surface area contributed by atoms with E-state index in [2.05, 4.69) is 20.6 Å². The fraction of sp³-hybridized carbons (Fsp3) is 0.471. The number of ether oxygens (including phenoxy) is 1. The van der Waals surface area contributed by atoms with E-state index in [1.54, 1.807) is 6.07 Å². The van der Waals surface area contributed by atoms with E-state index in [0.29, 0.717) is 25.4 Å². The summed E-state index contributed by atoms with van der Waals surface area (Å²) in [5.74, 6) is 0.379. The lowest BCUT2D eigenvalue weighted by molar-refractivity contribution is -0.385. The quantitative estimate of drug-likeness (QED) is 0.384. The van der Waals surface area contributed by atoms with Crippen molar-refractivity contribution in [1.82, 2.24) is 15.3 Å². The van der Waals surface area contributed by atoms with Gasteiger partial charge in [0.25, 0.3) is 6.47 Å². The van der Waals surface area contributed by atoms with Crippen molar-refractivity contribution in [3.05, 3.63) is 46.3 Å². The Morgan fingerprint density at radius 2 is 2.26 bits per heavy atom. The van der Waals surface area contributed by atoms with Gasteiger partial charge in [0, 0.05) is 12.1 Å². The molecule has 1 unspecified atom stereocenters. The molecule has 0 aliphatic carbocycles. The molecule has 1 aliphatic heterocycles. The molecule has 1 aliphatic rings. The lowest BCUT2D eigenvalue weighted by Crippen LogP contribution is -2.29. The average Bonchev–Trinajstić information content (AvgIpc) is 3.20. The van der Waals surface area contributed by atoms with Crippen LogP contribution in [-0.4, -0.2) is 34.5 Å². The number of furan rings is 1. The molecule has 1 atom stereocenters. The molecule has 3 rings (SSSR count). The summed E-state index contributed by atoms with van der Waals surface area (Å²) in [5, 5.41) is 17.9. The fourth-order valence-electron chi connectivity index (χ4n) is 3.24. The largest absolute Gasteiger partial charge is 0.472 e. The van der Waals surface area contributed by atoms with Gasteiger partial charge in [-0.15, -0.1) is 0 Å². The number of nitro groups is 1. The summed E-state index contributed by atoms with van der Waals surface area (Å²) in [6, 6.07) is 1.75. The summed E-state index contributed by atoms with van der Waals surface area (Å²) in [5.41, 5.74) is 0.650. The number of piperidine rings is 1. The molecular weight excluding hydrogens is 354 g/mol. The van der Waals surface area contributed by atoms with E-state index in [4.69, 9.17) is 9.15 Å². The van der Waals surface area contributed by atoms with E-state index in [1.807, 2.05) is 0 Å². The first-order valence-corrected chi connectivity index (χ1v) is 8.73. The molecule has 10 nitrogen and oxygen atoms in total. The highest BCUT2D eigenvalue weighted by Crippen LogP contribution is 2.35. The Morgan fingerprint density at radius 3 is 2.93 bits per heavy atom. The van der Waals surface area contributed by atoms with Crippen molar-refractivity contribution in [2.45, 2.75) is 31.9 Å². The number of carbonyl (C=O) groups excluding carboxylic acids is 1. The topological polar surface area (TPSA) is 132 Å². The standard InChI is InChI=1S/C17H21N5O5/c23-11-27-14(7-12-1-4-18-5-2-12)15-16(22(24)25)17(21-10-20-15)19-8-13-3-6-26-9-13/h3,6,9-12,14,18H,1-2,4-5,7-8H2,(H,19,20,21). The van der Waals surface area contributed by atoms with Gasteiger partial charge in [-0.05, 0) is 44.3 Å². The van der Waals surface area contributed by atoms with Gasteiger partial charge in [0.15, 0.2) is 11.8 Å². The fourth-order valence-corrected chi connectivity index (χ4v) is 3.24. The van der Waals surface area contributed by atoms with E-state index in [9.17, 15) is 14.9 Å². The second kappa shape index (κ2) is 9.08. The number of hydrogen-bond donors (Lipinski definition) is 2. The van der Waals surface area contributed by atoms with Crippen LogP contribution in [0.1, 0.15) is 36.6 Å². The molecule has 144 valence electrons. The van der Waals surface area contributed by atoms with Crippen LogP contribution in [0.2, 0.25) is 0 Å². The zero-order valence-corrected chi connectivity index (χ0v) is 14.7. The minimum absolute atomic E-state index is 0.0796. The van der Waals surface area contributed by atoms with Crippen molar-refractivity contribution in [1.29, 1.82) is 0 Å². The first kappa shape index (κ1) is 18.8. The van der Waals surface area contributed by atoms with Crippen molar-refractivity contribution >= 4 is 18.0 Å². The van der Waals surface area contributed by atoms with Crippen LogP contribution in [0, 0.1) is 16.0 Å². The Morgan fingerprint density at radius 1 is 1.44 bits per heavy atom. The molecule has 1 saturated heterocycles. The third-order valence-corrected chi connectivity index (χ3v) is 4.60. The third-order valence-electron chi connectivity index (χ3n) is 4.60. The van der Waals surface area contributed by atoms with Crippen LogP contribution in [-0.2, 0) is 16.1 Å². The number of nitrogens with zero attached hydrogens (tertiary/aromatic N) is 3. The van der Waals surface area contributed by atoms with Crippen molar-refractivity contribution in [3.63, 3.8) is 0 Å². The molecule has 0 amide bonds. The summed E-state index contributed by atoms with van der Waals surface area (Å²) < 4.78 is 10.2. The van der Waals surface area contributed by atoms with E-state index < -0.39 is 11.0 Å². The summed E-state index contributed by atoms with van der Waals surface area (Å²) in [6.45, 7) is 2.38. The highest BCUT2D eigenvalue weighted by atomic mass is 16.6. The number of anilines is 1. The smallest absolute Gasteiger partial charge is 0.336 e. The molecule has 27 heavy (non-hydrogen) atoms. The Hall–Kier alpha value is -3.01. The van der Waals surface area contributed by atoms with E-state index in [0.717, 1.165) is 31.5 Å². The van der Waals surface area contributed by atoms with Crippen LogP contribution < -0.4 is 10.6 Å². The second-order valence-corrected chi connectivity index (χ2v) is 6.35. The van der Waals surface area contributed by atoms with E-state index in [-0.39, 0.29) is 17.2 Å². The van der Waals surface area contributed by atoms with Crippen LogP contribution >= 0.6 is 0 Å². The number of nitrogens with one attached hydrogen (secondary N) is 2. The Labute approximate surface area is 155 Å². The maximum absolute atomic E-state index is 11.7. The minimum atomic E-state index is -0.788. The van der Waals surface area contributed by atoms with Gasteiger partial charge in [0.2, 0.25) is 5.82 Å². The van der Waals surface area contributed by atoms with Crippen LogP contribution in [0.5, 0.6) is 0 Å². The molecular formula is C17H21N5O5. The van der Waals surface area contributed by atoms with Gasteiger partial charge < -0.3 is 19.8 Å². The number of aromatic nitrogens is 2. The van der Waals surface area contributed by atoms with Crippen LogP contribution in [0.25, 0.3) is 0 Å². The first-order chi connectivity index (χ1) is 13.2. The zero-order valence-electron chi connectivity index (χ0n) is 14.7. The molecule has 2 N–H and O–H groups in total. The monoisotopic (exact) mass is 375 g/mol. The van der Waals surface area contributed by atoms with Gasteiger partial charge in [-0.3, -0.25) is 14.9 Å². The average molecular weight is 375 g/mol. The van der Waals surface area contributed by atoms with Crippen LogP contribution in [0.15, 0.2) is 29.3 Å². The van der Waals surface area contributed by atoms with E-state index >= 15 is 0 Å². The number of carbonyl (C=O) groups is 1. The van der Waals surface area contributed by atoms with Gasteiger partial charge in [0.05, 0.1) is 17.4 Å². The lowest BCUT2D eigenvalue weighted by Gasteiger charge is -2.25. The van der Waals surface area contributed by atoms with Gasteiger partial charge in [-0.25, -0.2) is 9.97 Å². The molecule has 0 bridgehead atoms. The number of hydrogen-bond acceptors (Lipinski definition) is 9. The minimum Gasteiger partial charge on any atom is -0.472 e. The molecule has 0 saturated carbocycles. The first-order valence-electron chi connectivity index (χ1n) is 8.73.